The number of rotatable bonds is 6. The van der Waals surface area contributed by atoms with Crippen LogP contribution in [0.1, 0.15) is 31.7 Å². The van der Waals surface area contributed by atoms with Crippen LogP contribution in [0, 0.1) is 26.1 Å². The molecule has 0 heterocycles. The van der Waals surface area contributed by atoms with Crippen molar-refractivity contribution in [1.82, 2.24) is 5.32 Å². The Morgan fingerprint density at radius 3 is 2.50 bits per heavy atom. The summed E-state index contributed by atoms with van der Waals surface area (Å²) >= 11 is 0. The number of nitrogens with one attached hydrogen (secondary N) is 1. The lowest BCUT2D eigenvalue weighted by Crippen LogP contribution is -2.36. The molecule has 1 saturated carbocycles. The van der Waals surface area contributed by atoms with Crippen molar-refractivity contribution in [3.63, 3.8) is 0 Å². The summed E-state index contributed by atoms with van der Waals surface area (Å²) in [6.07, 6.45) is 3.63. The summed E-state index contributed by atoms with van der Waals surface area (Å²) in [5.74, 6) is 0.632. The number of nitro groups is 2. The molecule has 1 N–H and O–H groups in total. The zero-order valence-electron chi connectivity index (χ0n) is 11.2. The molecule has 1 aliphatic carbocycles. The summed E-state index contributed by atoms with van der Waals surface area (Å²) in [5.41, 5.74) is 0.0202. The second-order valence-corrected chi connectivity index (χ2v) is 5.19. The van der Waals surface area contributed by atoms with Crippen LogP contribution in [0.4, 0.5) is 11.4 Å². The molecule has 0 spiro atoms. The maximum absolute atomic E-state index is 11.0. The Bertz CT molecular complexity index is 528. The Hall–Kier alpha value is -2.02. The maximum atomic E-state index is 11.0. The zero-order chi connectivity index (χ0) is 14.7. The summed E-state index contributed by atoms with van der Waals surface area (Å²) in [6, 6.07) is 4.08. The van der Waals surface area contributed by atoms with Gasteiger partial charge in [-0.3, -0.25) is 20.2 Å². The molecule has 0 aliphatic heterocycles. The number of hydrogen-bond donors (Lipinski definition) is 1. The van der Waals surface area contributed by atoms with E-state index in [0.717, 1.165) is 6.07 Å². The first-order chi connectivity index (χ1) is 9.49. The number of hydrogen-bond acceptors (Lipinski definition) is 5. The molecular formula is C13H17N3O4. The molecule has 0 amide bonds. The summed E-state index contributed by atoms with van der Waals surface area (Å²) in [6.45, 7) is 2.42. The topological polar surface area (TPSA) is 98.3 Å². The first-order valence-corrected chi connectivity index (χ1v) is 6.64. The number of nitro benzene ring substituents is 2. The minimum atomic E-state index is -0.624. The van der Waals surface area contributed by atoms with Gasteiger partial charge >= 0.3 is 0 Å². The summed E-state index contributed by atoms with van der Waals surface area (Å²) in [7, 11) is 0. The van der Waals surface area contributed by atoms with Crippen molar-refractivity contribution in [2.75, 3.05) is 0 Å². The van der Waals surface area contributed by atoms with Gasteiger partial charge in [0.2, 0.25) is 0 Å². The zero-order valence-corrected chi connectivity index (χ0v) is 11.2. The van der Waals surface area contributed by atoms with Gasteiger partial charge in [-0.05, 0) is 31.7 Å². The lowest BCUT2D eigenvalue weighted by atomic mass is 9.80. The average molecular weight is 279 g/mol. The van der Waals surface area contributed by atoms with Crippen molar-refractivity contribution in [3.05, 3.63) is 44.0 Å². The largest absolute Gasteiger partial charge is 0.310 e. The van der Waals surface area contributed by atoms with Crippen molar-refractivity contribution >= 4 is 11.4 Å². The molecule has 7 heteroatoms. The monoisotopic (exact) mass is 279 g/mol. The van der Waals surface area contributed by atoms with Crippen molar-refractivity contribution in [2.45, 2.75) is 38.8 Å². The van der Waals surface area contributed by atoms with Crippen molar-refractivity contribution in [2.24, 2.45) is 5.92 Å². The molecule has 7 nitrogen and oxygen atoms in total. The molecule has 0 aromatic heterocycles. The quantitative estimate of drug-likeness (QED) is 0.637. The van der Waals surface area contributed by atoms with Gasteiger partial charge in [0.25, 0.3) is 11.4 Å². The Kier molecular flexibility index (Phi) is 4.29. The third-order valence-corrected chi connectivity index (χ3v) is 3.95. The van der Waals surface area contributed by atoms with Crippen molar-refractivity contribution < 1.29 is 9.85 Å². The van der Waals surface area contributed by atoms with E-state index in [1.807, 2.05) is 0 Å². The number of nitrogens with zero attached hydrogens (tertiary/aromatic N) is 2. The fourth-order valence-electron chi connectivity index (χ4n) is 2.36. The molecule has 0 bridgehead atoms. The van der Waals surface area contributed by atoms with E-state index in [2.05, 4.69) is 12.2 Å². The highest BCUT2D eigenvalue weighted by molar-refractivity contribution is 5.49. The van der Waals surface area contributed by atoms with Gasteiger partial charge in [-0.15, -0.1) is 0 Å². The van der Waals surface area contributed by atoms with Crippen LogP contribution in [-0.4, -0.2) is 15.9 Å². The standard InChI is InChI=1S/C13H17N3O4/c1-9(10-3-2-4-10)14-8-11-5-6-12(15(17)18)7-13(11)16(19)20/h5-7,9-10,14H,2-4,8H2,1H3. The first-order valence-electron chi connectivity index (χ1n) is 6.64. The molecule has 2 rings (SSSR count). The van der Waals surface area contributed by atoms with Crippen molar-refractivity contribution in [3.8, 4) is 0 Å². The van der Waals surface area contributed by atoms with E-state index in [-0.39, 0.29) is 11.4 Å². The van der Waals surface area contributed by atoms with E-state index in [9.17, 15) is 20.2 Å². The third-order valence-electron chi connectivity index (χ3n) is 3.95. The Labute approximate surface area is 116 Å². The summed E-state index contributed by atoms with van der Waals surface area (Å²) in [5, 5.41) is 24.9. The molecule has 0 radical (unpaired) electrons. The fraction of sp³-hybridized carbons (Fsp3) is 0.538. The smallest absolute Gasteiger partial charge is 0.280 e. The van der Waals surface area contributed by atoms with Crippen LogP contribution in [-0.2, 0) is 6.54 Å². The SMILES string of the molecule is CC(NCc1ccc([N+](=O)[O-])cc1[N+](=O)[O-])C1CCC1. The summed E-state index contributed by atoms with van der Waals surface area (Å²) in [4.78, 5) is 20.5. The Morgan fingerprint density at radius 2 is 2.00 bits per heavy atom. The Balaban J connectivity index is 2.09. The minimum Gasteiger partial charge on any atom is -0.310 e. The lowest BCUT2D eigenvalue weighted by Gasteiger charge is -2.32. The van der Waals surface area contributed by atoms with Gasteiger partial charge in [0.15, 0.2) is 0 Å². The van der Waals surface area contributed by atoms with E-state index >= 15 is 0 Å². The van der Waals surface area contributed by atoms with Gasteiger partial charge in [-0.2, -0.15) is 0 Å². The van der Waals surface area contributed by atoms with Crippen LogP contribution < -0.4 is 5.32 Å². The maximum Gasteiger partial charge on any atom is 0.280 e. The van der Waals surface area contributed by atoms with Gasteiger partial charge in [0.1, 0.15) is 0 Å². The van der Waals surface area contributed by atoms with Gasteiger partial charge < -0.3 is 5.32 Å². The van der Waals surface area contributed by atoms with Gasteiger partial charge in [-0.1, -0.05) is 6.42 Å². The Morgan fingerprint density at radius 1 is 1.30 bits per heavy atom. The van der Waals surface area contributed by atoms with Crippen LogP contribution in [0.2, 0.25) is 0 Å². The second-order valence-electron chi connectivity index (χ2n) is 5.19. The van der Waals surface area contributed by atoms with Crippen LogP contribution in [0.3, 0.4) is 0 Å². The molecule has 1 aliphatic rings. The second kappa shape index (κ2) is 5.96. The summed E-state index contributed by atoms with van der Waals surface area (Å²) < 4.78 is 0. The molecule has 20 heavy (non-hydrogen) atoms. The molecule has 108 valence electrons. The van der Waals surface area contributed by atoms with E-state index in [0.29, 0.717) is 24.1 Å². The highest BCUT2D eigenvalue weighted by Gasteiger charge is 2.25. The fourth-order valence-corrected chi connectivity index (χ4v) is 2.36. The van der Waals surface area contributed by atoms with Crippen LogP contribution in [0.15, 0.2) is 18.2 Å². The highest BCUT2D eigenvalue weighted by Crippen LogP contribution is 2.30. The molecule has 1 atom stereocenters. The predicted molar refractivity (Wildman–Crippen MR) is 73.4 cm³/mol. The third kappa shape index (κ3) is 3.11. The molecule has 1 unspecified atom stereocenters. The molecule has 1 aromatic carbocycles. The minimum absolute atomic E-state index is 0.201. The van der Waals surface area contributed by atoms with Gasteiger partial charge in [-0.25, -0.2) is 0 Å². The first kappa shape index (κ1) is 14.4. The highest BCUT2D eigenvalue weighted by atomic mass is 16.6. The van der Waals surface area contributed by atoms with E-state index in [1.165, 1.54) is 31.4 Å². The molecule has 1 aromatic rings. The van der Waals surface area contributed by atoms with Gasteiger partial charge in [0.05, 0.1) is 15.9 Å². The normalized spacial score (nSPS) is 16.4. The van der Waals surface area contributed by atoms with Crippen LogP contribution in [0.25, 0.3) is 0 Å². The van der Waals surface area contributed by atoms with Crippen molar-refractivity contribution in [1.29, 1.82) is 0 Å². The molecular weight excluding hydrogens is 262 g/mol. The number of non-ortho nitro benzene ring substituents is 1. The number of benzene rings is 1. The lowest BCUT2D eigenvalue weighted by molar-refractivity contribution is -0.394. The van der Waals surface area contributed by atoms with E-state index in [1.54, 1.807) is 0 Å². The van der Waals surface area contributed by atoms with E-state index in [4.69, 9.17) is 0 Å². The van der Waals surface area contributed by atoms with Crippen LogP contribution >= 0.6 is 0 Å². The molecule has 1 fully saturated rings. The predicted octanol–water partition coefficient (Wildman–Crippen LogP) is 2.78. The van der Waals surface area contributed by atoms with Gasteiger partial charge in [0, 0.05) is 24.2 Å². The molecule has 0 saturated heterocycles. The average Bonchev–Trinajstić information content (AvgIpc) is 2.33. The van der Waals surface area contributed by atoms with Crippen LogP contribution in [0.5, 0.6) is 0 Å². The van der Waals surface area contributed by atoms with E-state index < -0.39 is 9.85 Å².